The molecule has 1 N–H and O–H groups in total. The van der Waals surface area contributed by atoms with Crippen LogP contribution in [0.3, 0.4) is 0 Å². The molecule has 1 heterocycles. The predicted molar refractivity (Wildman–Crippen MR) is 73.1 cm³/mol. The van der Waals surface area contributed by atoms with Gasteiger partial charge in [-0.2, -0.15) is 4.99 Å². The number of fused-ring (bicyclic) bond motifs is 1. The van der Waals surface area contributed by atoms with Gasteiger partial charge in [-0.05, 0) is 25.1 Å². The zero-order valence-corrected chi connectivity index (χ0v) is 10.2. The summed E-state index contributed by atoms with van der Waals surface area (Å²) in [6.45, 7) is 2.63. The van der Waals surface area contributed by atoms with E-state index in [1.807, 2.05) is 36.4 Å². The molecule has 0 radical (unpaired) electrons. The minimum atomic E-state index is 0.553. The molecule has 0 spiro atoms. The molecule has 2 aromatic carbocycles. The van der Waals surface area contributed by atoms with Gasteiger partial charge < -0.3 is 10.1 Å². The zero-order chi connectivity index (χ0) is 12.4. The molecule has 0 fully saturated rings. The molecule has 18 heavy (non-hydrogen) atoms. The Balaban J connectivity index is 1.83. The quantitative estimate of drug-likeness (QED) is 0.823. The van der Waals surface area contributed by atoms with Crippen LogP contribution in [-0.4, -0.2) is 6.02 Å². The van der Waals surface area contributed by atoms with Gasteiger partial charge in [0.05, 0.1) is 5.69 Å². The van der Waals surface area contributed by atoms with Crippen LogP contribution in [0.4, 0.5) is 11.4 Å². The van der Waals surface area contributed by atoms with Crippen molar-refractivity contribution in [1.29, 1.82) is 0 Å². The van der Waals surface area contributed by atoms with Gasteiger partial charge in [-0.25, -0.2) is 0 Å². The molecule has 2 aromatic rings. The van der Waals surface area contributed by atoms with E-state index in [0.29, 0.717) is 12.6 Å². The first-order valence-corrected chi connectivity index (χ1v) is 5.94. The fraction of sp³-hybridized carbons (Fsp3) is 0.133. The van der Waals surface area contributed by atoms with E-state index in [2.05, 4.69) is 29.4 Å². The van der Waals surface area contributed by atoms with E-state index in [-0.39, 0.29) is 0 Å². The third kappa shape index (κ3) is 2.20. The summed E-state index contributed by atoms with van der Waals surface area (Å²) in [4.78, 5) is 4.45. The van der Waals surface area contributed by atoms with Crippen LogP contribution in [0.2, 0.25) is 0 Å². The Labute approximate surface area is 106 Å². The molecular formula is C15H14N2O. The molecule has 3 nitrogen and oxygen atoms in total. The van der Waals surface area contributed by atoms with Crippen molar-refractivity contribution in [3.63, 3.8) is 0 Å². The molecule has 1 aliphatic heterocycles. The third-order valence-electron chi connectivity index (χ3n) is 2.88. The van der Waals surface area contributed by atoms with Crippen molar-refractivity contribution >= 4 is 17.4 Å². The molecule has 90 valence electrons. The number of rotatable bonds is 1. The number of benzene rings is 2. The molecular weight excluding hydrogens is 224 g/mol. The fourth-order valence-corrected chi connectivity index (χ4v) is 1.85. The lowest BCUT2D eigenvalue weighted by Crippen LogP contribution is -2.18. The number of aliphatic imine (C=N–C) groups is 1. The lowest BCUT2D eigenvalue weighted by atomic mass is 10.2. The van der Waals surface area contributed by atoms with Crippen LogP contribution in [0.5, 0.6) is 0 Å². The molecule has 0 saturated heterocycles. The van der Waals surface area contributed by atoms with Gasteiger partial charge >= 0.3 is 0 Å². The number of ether oxygens (including phenoxy) is 1. The summed E-state index contributed by atoms with van der Waals surface area (Å²) in [5.74, 6) is 0. The Hall–Kier alpha value is -2.29. The minimum Gasteiger partial charge on any atom is -0.460 e. The third-order valence-corrected chi connectivity index (χ3v) is 2.88. The Bertz CT molecular complexity index is 588. The van der Waals surface area contributed by atoms with Crippen LogP contribution in [0.15, 0.2) is 53.5 Å². The summed E-state index contributed by atoms with van der Waals surface area (Å²) < 4.78 is 5.58. The van der Waals surface area contributed by atoms with Crippen LogP contribution in [0.1, 0.15) is 11.1 Å². The Kier molecular flexibility index (Phi) is 2.73. The van der Waals surface area contributed by atoms with Gasteiger partial charge in [0.1, 0.15) is 6.61 Å². The Morgan fingerprint density at radius 2 is 1.83 bits per heavy atom. The summed E-state index contributed by atoms with van der Waals surface area (Å²) in [5.41, 5.74) is 4.31. The highest BCUT2D eigenvalue weighted by Crippen LogP contribution is 2.24. The number of nitrogens with zero attached hydrogens (tertiary/aromatic N) is 1. The molecule has 3 rings (SSSR count). The second-order valence-corrected chi connectivity index (χ2v) is 4.33. The van der Waals surface area contributed by atoms with Crippen LogP contribution in [-0.2, 0) is 11.3 Å². The highest BCUT2D eigenvalue weighted by atomic mass is 16.5. The van der Waals surface area contributed by atoms with E-state index < -0.39 is 0 Å². The summed E-state index contributed by atoms with van der Waals surface area (Å²) in [6.07, 6.45) is 0. The fourth-order valence-electron chi connectivity index (χ4n) is 1.85. The molecule has 1 aliphatic rings. The van der Waals surface area contributed by atoms with Gasteiger partial charge in [0.25, 0.3) is 6.02 Å². The summed E-state index contributed by atoms with van der Waals surface area (Å²) in [5, 5.41) is 3.18. The highest BCUT2D eigenvalue weighted by Gasteiger charge is 2.11. The maximum Gasteiger partial charge on any atom is 0.294 e. The van der Waals surface area contributed by atoms with Gasteiger partial charge in [0.2, 0.25) is 0 Å². The van der Waals surface area contributed by atoms with Crippen LogP contribution < -0.4 is 5.32 Å². The highest BCUT2D eigenvalue weighted by molar-refractivity contribution is 5.92. The summed E-state index contributed by atoms with van der Waals surface area (Å²) in [6, 6.07) is 16.7. The molecule has 0 bridgehead atoms. The maximum atomic E-state index is 5.58. The van der Waals surface area contributed by atoms with Gasteiger partial charge in [-0.1, -0.05) is 35.9 Å². The number of hydrogen-bond acceptors (Lipinski definition) is 3. The van der Waals surface area contributed by atoms with E-state index in [4.69, 9.17) is 4.74 Å². The summed E-state index contributed by atoms with van der Waals surface area (Å²) >= 11 is 0. The largest absolute Gasteiger partial charge is 0.460 e. The number of anilines is 1. The van der Waals surface area contributed by atoms with Crippen LogP contribution in [0.25, 0.3) is 0 Å². The molecule has 0 aromatic heterocycles. The smallest absolute Gasteiger partial charge is 0.294 e. The topological polar surface area (TPSA) is 33.6 Å². The van der Waals surface area contributed by atoms with Gasteiger partial charge in [-0.15, -0.1) is 0 Å². The van der Waals surface area contributed by atoms with E-state index in [1.54, 1.807) is 0 Å². The van der Waals surface area contributed by atoms with Gasteiger partial charge in [-0.3, -0.25) is 0 Å². The Morgan fingerprint density at radius 3 is 2.67 bits per heavy atom. The van der Waals surface area contributed by atoms with Crippen LogP contribution >= 0.6 is 0 Å². The molecule has 3 heteroatoms. The lowest BCUT2D eigenvalue weighted by molar-refractivity contribution is 0.286. The predicted octanol–water partition coefficient (Wildman–Crippen LogP) is 3.62. The standard InChI is InChI=1S/C15H14N2O/c1-11-6-8-13(9-7-11)16-15-17-14-5-3-2-4-12(14)10-18-15/h2-9H,10H2,1H3,(H,16,17). The van der Waals surface area contributed by atoms with E-state index in [1.165, 1.54) is 5.56 Å². The van der Waals surface area contributed by atoms with E-state index >= 15 is 0 Å². The first-order valence-electron chi connectivity index (χ1n) is 5.94. The average Bonchev–Trinajstić information content (AvgIpc) is 2.41. The second-order valence-electron chi connectivity index (χ2n) is 4.33. The second kappa shape index (κ2) is 4.53. The number of hydrogen-bond donors (Lipinski definition) is 1. The normalized spacial score (nSPS) is 13.3. The van der Waals surface area contributed by atoms with Crippen molar-refractivity contribution < 1.29 is 4.74 Å². The summed E-state index contributed by atoms with van der Waals surface area (Å²) in [7, 11) is 0. The maximum absolute atomic E-state index is 5.58. The van der Waals surface area contributed by atoms with Crippen molar-refractivity contribution in [1.82, 2.24) is 0 Å². The molecule has 0 atom stereocenters. The van der Waals surface area contributed by atoms with Gasteiger partial charge in [0.15, 0.2) is 0 Å². The lowest BCUT2D eigenvalue weighted by Gasteiger charge is -2.17. The van der Waals surface area contributed by atoms with E-state index in [0.717, 1.165) is 16.9 Å². The Morgan fingerprint density at radius 1 is 1.06 bits per heavy atom. The minimum absolute atomic E-state index is 0.553. The van der Waals surface area contributed by atoms with Crippen molar-refractivity contribution in [2.75, 3.05) is 5.32 Å². The van der Waals surface area contributed by atoms with Crippen molar-refractivity contribution in [3.05, 3.63) is 59.7 Å². The SMILES string of the molecule is Cc1ccc(NC2=Nc3ccccc3CO2)cc1. The molecule has 0 unspecified atom stereocenters. The molecule has 0 amide bonds. The van der Waals surface area contributed by atoms with Gasteiger partial charge in [0, 0.05) is 11.3 Å². The first-order chi connectivity index (χ1) is 8.81. The number of nitrogens with one attached hydrogen (secondary N) is 1. The molecule has 0 saturated carbocycles. The van der Waals surface area contributed by atoms with Crippen molar-refractivity contribution in [2.45, 2.75) is 13.5 Å². The van der Waals surface area contributed by atoms with E-state index in [9.17, 15) is 0 Å². The number of amidine groups is 1. The number of para-hydroxylation sites is 1. The first kappa shape index (κ1) is 10.8. The van der Waals surface area contributed by atoms with Crippen molar-refractivity contribution in [3.8, 4) is 0 Å². The molecule has 0 aliphatic carbocycles. The number of aryl methyl sites for hydroxylation is 1. The van der Waals surface area contributed by atoms with Crippen LogP contribution in [0, 0.1) is 6.92 Å². The zero-order valence-electron chi connectivity index (χ0n) is 10.2. The average molecular weight is 238 g/mol. The van der Waals surface area contributed by atoms with Crippen molar-refractivity contribution in [2.24, 2.45) is 4.99 Å². The monoisotopic (exact) mass is 238 g/mol.